The molecule has 1 heterocycles. The molecule has 0 radical (unpaired) electrons. The number of aliphatic imine (C=N–C) groups is 1. The quantitative estimate of drug-likeness (QED) is 0.801. The first-order valence-electron chi connectivity index (χ1n) is 7.56. The number of carbonyl (C=O) groups is 2. The van der Waals surface area contributed by atoms with Crippen molar-refractivity contribution in [1.82, 2.24) is 4.90 Å². The third kappa shape index (κ3) is 2.31. The van der Waals surface area contributed by atoms with E-state index in [0.717, 1.165) is 38.4 Å². The molecule has 112 valence electrons. The fourth-order valence-corrected chi connectivity index (χ4v) is 3.35. The standard InChI is InChI=1S/C17H17N3O2/c18-12-13-4-6-14(7-5-13)15-16(22)20(10-11-21)17(19-15)8-2-1-3-9-17/h4-7,11H,1-3,8-10H2. The van der Waals surface area contributed by atoms with E-state index in [0.29, 0.717) is 16.8 Å². The van der Waals surface area contributed by atoms with Gasteiger partial charge in [-0.05, 0) is 37.8 Å². The zero-order chi connectivity index (χ0) is 15.6. The van der Waals surface area contributed by atoms with Crippen LogP contribution in [0.15, 0.2) is 29.3 Å². The maximum absolute atomic E-state index is 12.7. The monoisotopic (exact) mass is 295 g/mol. The molecule has 0 N–H and O–H groups in total. The third-order valence-corrected chi connectivity index (χ3v) is 4.47. The van der Waals surface area contributed by atoms with Gasteiger partial charge in [-0.25, -0.2) is 0 Å². The van der Waals surface area contributed by atoms with Crippen molar-refractivity contribution in [2.75, 3.05) is 6.54 Å². The first-order chi connectivity index (χ1) is 10.7. The average Bonchev–Trinajstić information content (AvgIpc) is 2.82. The fraction of sp³-hybridized carbons (Fsp3) is 0.412. The summed E-state index contributed by atoms with van der Waals surface area (Å²) in [7, 11) is 0. The van der Waals surface area contributed by atoms with E-state index in [-0.39, 0.29) is 12.5 Å². The number of nitriles is 1. The molecule has 1 aromatic carbocycles. The Hall–Kier alpha value is -2.48. The minimum absolute atomic E-state index is 0.0854. The molecule has 3 rings (SSSR count). The lowest BCUT2D eigenvalue weighted by Gasteiger charge is -2.38. The highest BCUT2D eigenvalue weighted by atomic mass is 16.2. The smallest absolute Gasteiger partial charge is 0.275 e. The van der Waals surface area contributed by atoms with Crippen molar-refractivity contribution in [1.29, 1.82) is 5.26 Å². The molecule has 22 heavy (non-hydrogen) atoms. The van der Waals surface area contributed by atoms with E-state index >= 15 is 0 Å². The van der Waals surface area contributed by atoms with Gasteiger partial charge in [0.15, 0.2) is 0 Å². The number of amides is 1. The predicted molar refractivity (Wildman–Crippen MR) is 81.3 cm³/mol. The topological polar surface area (TPSA) is 73.5 Å². The van der Waals surface area contributed by atoms with Gasteiger partial charge in [-0.2, -0.15) is 5.26 Å². The van der Waals surface area contributed by atoms with Crippen molar-refractivity contribution >= 4 is 17.9 Å². The second kappa shape index (κ2) is 5.72. The van der Waals surface area contributed by atoms with Gasteiger partial charge in [0, 0.05) is 5.56 Å². The molecular formula is C17H17N3O2. The van der Waals surface area contributed by atoms with E-state index in [1.165, 1.54) is 0 Å². The van der Waals surface area contributed by atoms with Crippen LogP contribution in [0.2, 0.25) is 0 Å². The molecule has 2 aliphatic rings. The van der Waals surface area contributed by atoms with E-state index < -0.39 is 5.66 Å². The van der Waals surface area contributed by atoms with Gasteiger partial charge in [-0.1, -0.05) is 18.6 Å². The Balaban J connectivity index is 1.99. The fourth-order valence-electron chi connectivity index (χ4n) is 3.35. The van der Waals surface area contributed by atoms with Crippen molar-refractivity contribution in [2.45, 2.75) is 37.8 Å². The molecular weight excluding hydrogens is 278 g/mol. The molecule has 1 amide bonds. The summed E-state index contributed by atoms with van der Waals surface area (Å²) < 4.78 is 0. The van der Waals surface area contributed by atoms with E-state index in [9.17, 15) is 9.59 Å². The van der Waals surface area contributed by atoms with Crippen LogP contribution >= 0.6 is 0 Å². The minimum atomic E-state index is -0.542. The van der Waals surface area contributed by atoms with E-state index in [2.05, 4.69) is 6.07 Å². The number of hydrogen-bond donors (Lipinski definition) is 0. The average molecular weight is 295 g/mol. The Morgan fingerprint density at radius 3 is 2.50 bits per heavy atom. The van der Waals surface area contributed by atoms with Gasteiger partial charge < -0.3 is 9.69 Å². The molecule has 1 saturated carbocycles. The van der Waals surface area contributed by atoms with Crippen LogP contribution in [0, 0.1) is 11.3 Å². The number of carbonyl (C=O) groups excluding carboxylic acids is 2. The van der Waals surface area contributed by atoms with Gasteiger partial charge in [0.1, 0.15) is 17.7 Å². The van der Waals surface area contributed by atoms with Crippen LogP contribution in [0.4, 0.5) is 0 Å². The molecule has 1 aromatic rings. The van der Waals surface area contributed by atoms with Gasteiger partial charge in [0.25, 0.3) is 5.91 Å². The molecule has 1 fully saturated rings. The molecule has 0 saturated heterocycles. The zero-order valence-corrected chi connectivity index (χ0v) is 12.3. The second-order valence-corrected chi connectivity index (χ2v) is 5.78. The molecule has 0 atom stereocenters. The Labute approximate surface area is 129 Å². The van der Waals surface area contributed by atoms with Crippen LogP contribution in [-0.4, -0.2) is 35.0 Å². The molecule has 0 unspecified atom stereocenters. The lowest BCUT2D eigenvalue weighted by Crippen LogP contribution is -2.48. The maximum atomic E-state index is 12.7. The van der Waals surface area contributed by atoms with Crippen molar-refractivity contribution in [3.05, 3.63) is 35.4 Å². The Morgan fingerprint density at radius 1 is 1.23 bits per heavy atom. The van der Waals surface area contributed by atoms with Crippen molar-refractivity contribution in [2.24, 2.45) is 4.99 Å². The van der Waals surface area contributed by atoms with Crippen molar-refractivity contribution in [3.63, 3.8) is 0 Å². The summed E-state index contributed by atoms with van der Waals surface area (Å²) in [6, 6.07) is 8.92. The van der Waals surface area contributed by atoms with Crippen LogP contribution in [0.1, 0.15) is 43.2 Å². The molecule has 1 aliphatic heterocycles. The summed E-state index contributed by atoms with van der Waals surface area (Å²) in [6.07, 6.45) is 5.58. The van der Waals surface area contributed by atoms with Crippen molar-refractivity contribution < 1.29 is 9.59 Å². The SMILES string of the molecule is N#Cc1ccc(C2=NC3(CCCCC3)N(CC=O)C2=O)cc1. The first kappa shape index (κ1) is 14.5. The summed E-state index contributed by atoms with van der Waals surface area (Å²) in [5.41, 5.74) is 1.13. The number of nitrogens with zero attached hydrogens (tertiary/aromatic N) is 3. The Morgan fingerprint density at radius 2 is 1.91 bits per heavy atom. The van der Waals surface area contributed by atoms with Gasteiger partial charge in [-0.15, -0.1) is 0 Å². The van der Waals surface area contributed by atoms with Crippen LogP contribution in [0.5, 0.6) is 0 Å². The molecule has 0 aromatic heterocycles. The highest BCUT2D eigenvalue weighted by Crippen LogP contribution is 2.39. The summed E-state index contributed by atoms with van der Waals surface area (Å²) in [4.78, 5) is 30.0. The number of benzene rings is 1. The largest absolute Gasteiger partial charge is 0.305 e. The lowest BCUT2D eigenvalue weighted by molar-refractivity contribution is -0.131. The Bertz CT molecular complexity index is 664. The maximum Gasteiger partial charge on any atom is 0.275 e. The highest BCUT2D eigenvalue weighted by molar-refractivity contribution is 6.46. The van der Waals surface area contributed by atoms with Gasteiger partial charge in [0.05, 0.1) is 18.2 Å². The molecule has 1 aliphatic carbocycles. The Kier molecular flexibility index (Phi) is 3.76. The van der Waals surface area contributed by atoms with Crippen LogP contribution in [0.3, 0.4) is 0 Å². The number of hydrogen-bond acceptors (Lipinski definition) is 4. The zero-order valence-electron chi connectivity index (χ0n) is 12.3. The second-order valence-electron chi connectivity index (χ2n) is 5.78. The normalized spacial score (nSPS) is 19.9. The van der Waals surface area contributed by atoms with E-state index in [1.54, 1.807) is 29.2 Å². The number of aldehydes is 1. The minimum Gasteiger partial charge on any atom is -0.305 e. The van der Waals surface area contributed by atoms with Gasteiger partial charge in [0.2, 0.25) is 0 Å². The van der Waals surface area contributed by atoms with Crippen LogP contribution in [0.25, 0.3) is 0 Å². The molecule has 1 spiro atoms. The van der Waals surface area contributed by atoms with E-state index in [1.807, 2.05) is 0 Å². The number of rotatable bonds is 3. The predicted octanol–water partition coefficient (Wildman–Crippen LogP) is 2.05. The summed E-state index contributed by atoms with van der Waals surface area (Å²) >= 11 is 0. The van der Waals surface area contributed by atoms with Crippen LogP contribution in [-0.2, 0) is 9.59 Å². The van der Waals surface area contributed by atoms with Crippen LogP contribution < -0.4 is 0 Å². The van der Waals surface area contributed by atoms with Gasteiger partial charge in [-0.3, -0.25) is 9.79 Å². The molecule has 5 nitrogen and oxygen atoms in total. The first-order valence-corrected chi connectivity index (χ1v) is 7.56. The third-order valence-electron chi connectivity index (χ3n) is 4.47. The summed E-state index contributed by atoms with van der Waals surface area (Å²) in [6.45, 7) is 0.0854. The van der Waals surface area contributed by atoms with Crippen molar-refractivity contribution in [3.8, 4) is 6.07 Å². The summed E-state index contributed by atoms with van der Waals surface area (Å²) in [5, 5.41) is 8.86. The molecule has 0 bridgehead atoms. The highest BCUT2D eigenvalue weighted by Gasteiger charge is 2.47. The summed E-state index contributed by atoms with van der Waals surface area (Å²) in [5.74, 6) is -0.182. The lowest BCUT2D eigenvalue weighted by atomic mass is 9.88. The molecule has 5 heteroatoms. The van der Waals surface area contributed by atoms with E-state index in [4.69, 9.17) is 10.3 Å². The van der Waals surface area contributed by atoms with Gasteiger partial charge >= 0.3 is 0 Å².